The number of rotatable bonds is 7. The first-order valence-corrected chi connectivity index (χ1v) is 7.85. The normalized spacial score (nSPS) is 20.9. The van der Waals surface area contributed by atoms with Crippen LogP contribution in [0, 0.1) is 5.41 Å². The zero-order chi connectivity index (χ0) is 16.2. The quantitative estimate of drug-likeness (QED) is 0.824. The lowest BCUT2D eigenvalue weighted by atomic mass is 9.90. The Morgan fingerprint density at radius 1 is 1.22 bits per heavy atom. The third-order valence-electron chi connectivity index (χ3n) is 4.34. The second-order valence-electron chi connectivity index (χ2n) is 6.24. The van der Waals surface area contributed by atoms with Crippen LogP contribution in [0.25, 0.3) is 0 Å². The van der Waals surface area contributed by atoms with Crippen LogP contribution >= 0.6 is 12.4 Å². The van der Waals surface area contributed by atoms with Gasteiger partial charge in [0.25, 0.3) is 0 Å². The smallest absolute Gasteiger partial charge is 0.203 e. The van der Waals surface area contributed by atoms with Gasteiger partial charge in [0.1, 0.15) is 0 Å². The van der Waals surface area contributed by atoms with Crippen molar-refractivity contribution in [2.45, 2.75) is 26.8 Å². The Morgan fingerprint density at radius 2 is 1.83 bits per heavy atom. The number of likely N-dealkylation sites (tertiary alicyclic amines) is 1. The molecule has 1 fully saturated rings. The van der Waals surface area contributed by atoms with E-state index >= 15 is 0 Å². The van der Waals surface area contributed by atoms with Crippen molar-refractivity contribution in [3.63, 3.8) is 0 Å². The number of benzene rings is 1. The summed E-state index contributed by atoms with van der Waals surface area (Å²) in [6.45, 7) is 8.49. The minimum absolute atomic E-state index is 0. The first-order chi connectivity index (χ1) is 10.5. The minimum Gasteiger partial charge on any atom is -0.493 e. The van der Waals surface area contributed by atoms with E-state index in [0.29, 0.717) is 12.4 Å². The molecule has 5 nitrogen and oxygen atoms in total. The highest BCUT2D eigenvalue weighted by atomic mass is 35.5. The molecule has 0 radical (unpaired) electrons. The molecule has 0 aliphatic carbocycles. The minimum atomic E-state index is 0. The fourth-order valence-electron chi connectivity index (χ4n) is 3.00. The summed E-state index contributed by atoms with van der Waals surface area (Å²) in [5, 5.41) is 0. The van der Waals surface area contributed by atoms with E-state index in [-0.39, 0.29) is 17.8 Å². The Hall–Kier alpha value is -1.17. The van der Waals surface area contributed by atoms with Crippen LogP contribution in [0.1, 0.15) is 25.8 Å². The zero-order valence-electron chi connectivity index (χ0n) is 14.6. The van der Waals surface area contributed by atoms with Gasteiger partial charge in [0.15, 0.2) is 11.5 Å². The summed E-state index contributed by atoms with van der Waals surface area (Å²) >= 11 is 0. The molecule has 0 saturated carbocycles. The third-order valence-corrected chi connectivity index (χ3v) is 4.34. The lowest BCUT2D eigenvalue weighted by Gasteiger charge is -2.23. The summed E-state index contributed by atoms with van der Waals surface area (Å²) in [7, 11) is 3.31. The summed E-state index contributed by atoms with van der Waals surface area (Å²) in [5.41, 5.74) is 7.29. The first kappa shape index (κ1) is 19.9. The number of nitrogens with zero attached hydrogens (tertiary/aromatic N) is 1. The van der Waals surface area contributed by atoms with Crippen LogP contribution in [0.15, 0.2) is 12.1 Å². The molecule has 1 aromatic rings. The maximum Gasteiger partial charge on any atom is 0.203 e. The molecule has 1 aliphatic heterocycles. The van der Waals surface area contributed by atoms with E-state index in [1.807, 2.05) is 19.1 Å². The Balaban J connectivity index is 0.00000264. The second kappa shape index (κ2) is 8.62. The topological polar surface area (TPSA) is 57.0 Å². The van der Waals surface area contributed by atoms with E-state index in [2.05, 4.69) is 11.8 Å². The molecule has 1 saturated heterocycles. The monoisotopic (exact) mass is 344 g/mol. The molecule has 1 aromatic carbocycles. The Morgan fingerprint density at radius 3 is 2.26 bits per heavy atom. The van der Waals surface area contributed by atoms with Crippen molar-refractivity contribution in [3.05, 3.63) is 17.7 Å². The molecular formula is C17H29ClN2O3. The molecule has 2 rings (SSSR count). The number of hydrogen-bond donors (Lipinski definition) is 1. The van der Waals surface area contributed by atoms with Crippen molar-refractivity contribution in [2.24, 2.45) is 11.1 Å². The fourth-order valence-corrected chi connectivity index (χ4v) is 3.00. The number of hydrogen-bond acceptors (Lipinski definition) is 5. The summed E-state index contributed by atoms with van der Waals surface area (Å²) in [6.07, 6.45) is 1.15. The van der Waals surface area contributed by atoms with E-state index in [1.54, 1.807) is 14.2 Å². The van der Waals surface area contributed by atoms with Gasteiger partial charge in [0.05, 0.1) is 20.8 Å². The molecule has 0 bridgehead atoms. The molecule has 0 spiro atoms. The molecule has 1 aliphatic rings. The largest absolute Gasteiger partial charge is 0.493 e. The summed E-state index contributed by atoms with van der Waals surface area (Å²) in [4.78, 5) is 2.43. The maximum absolute atomic E-state index is 5.88. The average molecular weight is 345 g/mol. The second-order valence-corrected chi connectivity index (χ2v) is 6.24. The van der Waals surface area contributed by atoms with Gasteiger partial charge in [-0.1, -0.05) is 6.92 Å². The average Bonchev–Trinajstić information content (AvgIpc) is 2.90. The van der Waals surface area contributed by atoms with Crippen molar-refractivity contribution in [1.82, 2.24) is 4.90 Å². The van der Waals surface area contributed by atoms with Crippen LogP contribution in [0.4, 0.5) is 0 Å². The molecule has 23 heavy (non-hydrogen) atoms. The lowest BCUT2D eigenvalue weighted by molar-refractivity contribution is 0.270. The van der Waals surface area contributed by atoms with Crippen LogP contribution < -0.4 is 19.9 Å². The first-order valence-electron chi connectivity index (χ1n) is 7.85. The number of methoxy groups -OCH3 is 2. The molecule has 0 amide bonds. The Labute approximate surface area is 145 Å². The van der Waals surface area contributed by atoms with Gasteiger partial charge in [0.2, 0.25) is 5.75 Å². The summed E-state index contributed by atoms with van der Waals surface area (Å²) in [5.74, 6) is 2.11. The van der Waals surface area contributed by atoms with Gasteiger partial charge >= 0.3 is 0 Å². The van der Waals surface area contributed by atoms with Crippen molar-refractivity contribution in [1.29, 1.82) is 0 Å². The van der Waals surface area contributed by atoms with Crippen molar-refractivity contribution < 1.29 is 14.2 Å². The Bertz CT molecular complexity index is 488. The van der Waals surface area contributed by atoms with E-state index in [4.69, 9.17) is 19.9 Å². The van der Waals surface area contributed by atoms with Gasteiger partial charge in [-0.3, -0.25) is 4.90 Å². The summed E-state index contributed by atoms with van der Waals surface area (Å²) in [6, 6.07) is 4.07. The van der Waals surface area contributed by atoms with Gasteiger partial charge in [-0.05, 0) is 49.5 Å². The van der Waals surface area contributed by atoms with Crippen LogP contribution in [-0.2, 0) is 6.54 Å². The predicted octanol–water partition coefficient (Wildman–Crippen LogP) is 2.70. The molecule has 6 heteroatoms. The molecule has 1 unspecified atom stereocenters. The number of halogens is 1. The van der Waals surface area contributed by atoms with Gasteiger partial charge < -0.3 is 19.9 Å². The van der Waals surface area contributed by atoms with Gasteiger partial charge in [-0.2, -0.15) is 0 Å². The predicted molar refractivity (Wildman–Crippen MR) is 95.0 cm³/mol. The summed E-state index contributed by atoms with van der Waals surface area (Å²) < 4.78 is 16.6. The maximum atomic E-state index is 5.88. The molecule has 1 atom stereocenters. The molecule has 132 valence electrons. The van der Waals surface area contributed by atoms with Crippen LogP contribution in [0.3, 0.4) is 0 Å². The Kier molecular flexibility index (Phi) is 7.45. The van der Waals surface area contributed by atoms with E-state index < -0.39 is 0 Å². The zero-order valence-corrected chi connectivity index (χ0v) is 15.4. The van der Waals surface area contributed by atoms with Crippen molar-refractivity contribution >= 4 is 12.4 Å². The third kappa shape index (κ3) is 4.66. The van der Waals surface area contributed by atoms with Gasteiger partial charge in [-0.15, -0.1) is 12.4 Å². The molecular weight excluding hydrogens is 316 g/mol. The molecule has 2 N–H and O–H groups in total. The standard InChI is InChI=1S/C17H28N2O3.ClH/c1-5-22-16-14(20-3)8-13(9-15(16)21-4)10-19-7-6-17(2,11-18)12-19;/h8-9H,5-7,10-12,18H2,1-4H3;1H. The number of ether oxygens (including phenoxy) is 3. The SMILES string of the molecule is CCOc1c(OC)cc(CN2CCC(C)(CN)C2)cc1OC.Cl. The number of nitrogens with two attached hydrogens (primary N) is 1. The van der Waals surface area contributed by atoms with Crippen molar-refractivity contribution in [3.8, 4) is 17.2 Å². The van der Waals surface area contributed by atoms with Crippen molar-refractivity contribution in [2.75, 3.05) is 40.5 Å². The van der Waals surface area contributed by atoms with Crippen LogP contribution in [0.2, 0.25) is 0 Å². The van der Waals surface area contributed by atoms with E-state index in [1.165, 1.54) is 5.56 Å². The van der Waals surface area contributed by atoms with E-state index in [9.17, 15) is 0 Å². The van der Waals surface area contributed by atoms with E-state index in [0.717, 1.165) is 44.1 Å². The highest BCUT2D eigenvalue weighted by Crippen LogP contribution is 2.39. The molecule has 0 aromatic heterocycles. The van der Waals surface area contributed by atoms with Crippen LogP contribution in [-0.4, -0.2) is 45.4 Å². The van der Waals surface area contributed by atoms with Gasteiger partial charge in [-0.25, -0.2) is 0 Å². The highest BCUT2D eigenvalue weighted by molar-refractivity contribution is 5.85. The highest BCUT2D eigenvalue weighted by Gasteiger charge is 2.32. The molecule has 1 heterocycles. The van der Waals surface area contributed by atoms with Gasteiger partial charge in [0, 0.05) is 13.1 Å². The van der Waals surface area contributed by atoms with Crippen LogP contribution in [0.5, 0.6) is 17.2 Å². The lowest BCUT2D eigenvalue weighted by Crippen LogP contribution is -2.31. The fraction of sp³-hybridized carbons (Fsp3) is 0.647.